The predicted octanol–water partition coefficient (Wildman–Crippen LogP) is 6.31. The molecule has 2 rings (SSSR count). The van der Waals surface area contributed by atoms with Crippen molar-refractivity contribution >= 4 is 66.4 Å². The van der Waals surface area contributed by atoms with Crippen molar-refractivity contribution in [3.05, 3.63) is 48.5 Å². The molecule has 0 aliphatic heterocycles. The fourth-order valence-electron chi connectivity index (χ4n) is 1.55. The van der Waals surface area contributed by atoms with Crippen LogP contribution in [0.4, 0.5) is 0 Å². The average Bonchev–Trinajstić information content (AvgIpc) is 2.67. The van der Waals surface area contributed by atoms with Crippen LogP contribution in [0.1, 0.15) is 16.0 Å². The monoisotopic (exact) mass is 428 g/mol. The number of thiophene rings is 1. The number of methoxy groups -OCH3 is 1. The van der Waals surface area contributed by atoms with Gasteiger partial charge in [0.2, 0.25) is 0 Å². The molecular formula is C12H8Br2Cl2OS. The molecule has 0 fully saturated rings. The molecule has 1 unspecified atom stereocenters. The fourth-order valence-corrected chi connectivity index (χ4v) is 4.57. The van der Waals surface area contributed by atoms with Gasteiger partial charge in [-0.15, -0.1) is 11.3 Å². The third-order valence-electron chi connectivity index (χ3n) is 2.42. The summed E-state index contributed by atoms with van der Waals surface area (Å²) in [4.78, 5) is 0.0101. The quantitative estimate of drug-likeness (QED) is 0.518. The minimum Gasteiger partial charge on any atom is -0.496 e. The van der Waals surface area contributed by atoms with Gasteiger partial charge in [0.25, 0.3) is 0 Å². The second kappa shape index (κ2) is 6.14. The summed E-state index contributed by atoms with van der Waals surface area (Å²) in [6, 6.07) is 7.78. The highest BCUT2D eigenvalue weighted by Crippen LogP contribution is 2.42. The molecule has 1 aromatic carbocycles. The van der Waals surface area contributed by atoms with Gasteiger partial charge in [-0.05, 0) is 39.7 Å². The molecule has 1 atom stereocenters. The maximum Gasteiger partial charge on any atom is 0.133 e. The van der Waals surface area contributed by atoms with Crippen molar-refractivity contribution in [2.45, 2.75) is 4.83 Å². The molecule has 18 heavy (non-hydrogen) atoms. The smallest absolute Gasteiger partial charge is 0.133 e. The number of ether oxygens (including phenoxy) is 1. The first kappa shape index (κ1) is 14.7. The van der Waals surface area contributed by atoms with Gasteiger partial charge in [0.05, 0.1) is 25.1 Å². The average molecular weight is 431 g/mol. The molecule has 6 heteroatoms. The van der Waals surface area contributed by atoms with Crippen LogP contribution in [0.5, 0.6) is 5.75 Å². The number of rotatable bonds is 3. The zero-order chi connectivity index (χ0) is 13.3. The molecule has 0 bridgehead atoms. The molecule has 1 nitrogen and oxygen atoms in total. The van der Waals surface area contributed by atoms with Gasteiger partial charge in [0, 0.05) is 5.56 Å². The largest absolute Gasteiger partial charge is 0.496 e. The van der Waals surface area contributed by atoms with E-state index < -0.39 is 0 Å². The van der Waals surface area contributed by atoms with Crippen LogP contribution in [0.3, 0.4) is 0 Å². The Bertz CT molecular complexity index is 571. The normalized spacial score (nSPS) is 12.5. The topological polar surface area (TPSA) is 9.23 Å². The maximum absolute atomic E-state index is 6.16. The van der Waals surface area contributed by atoms with Crippen LogP contribution in [0.25, 0.3) is 0 Å². The highest BCUT2D eigenvalue weighted by Gasteiger charge is 2.17. The number of alkyl halides is 1. The Kier molecular flexibility index (Phi) is 5.00. The van der Waals surface area contributed by atoms with Crippen LogP contribution in [0.15, 0.2) is 28.7 Å². The highest BCUT2D eigenvalue weighted by atomic mass is 79.9. The van der Waals surface area contributed by atoms with Gasteiger partial charge < -0.3 is 4.74 Å². The molecule has 0 saturated carbocycles. The second-order valence-corrected chi connectivity index (χ2v) is 7.59. The minimum atomic E-state index is 0.0101. The lowest BCUT2D eigenvalue weighted by Gasteiger charge is -2.11. The summed E-state index contributed by atoms with van der Waals surface area (Å²) in [6.45, 7) is 0. The molecule has 0 N–H and O–H groups in total. The molecule has 2 aromatic rings. The third-order valence-corrected chi connectivity index (χ3v) is 5.58. The van der Waals surface area contributed by atoms with E-state index in [4.69, 9.17) is 27.9 Å². The SMILES string of the molecule is COc1ccc(C(Br)c2cc(Cl)sc2Cl)cc1Br. The van der Waals surface area contributed by atoms with Crippen molar-refractivity contribution in [1.29, 1.82) is 0 Å². The number of hydrogen-bond donors (Lipinski definition) is 0. The van der Waals surface area contributed by atoms with Crippen molar-refractivity contribution in [3.63, 3.8) is 0 Å². The second-order valence-electron chi connectivity index (χ2n) is 3.54. The lowest BCUT2D eigenvalue weighted by Crippen LogP contribution is -1.93. The van der Waals surface area contributed by atoms with Crippen molar-refractivity contribution in [2.75, 3.05) is 7.11 Å². The van der Waals surface area contributed by atoms with E-state index in [1.807, 2.05) is 24.3 Å². The molecule has 0 aliphatic carbocycles. The van der Waals surface area contributed by atoms with Crippen LogP contribution < -0.4 is 4.74 Å². The Hall–Kier alpha value is 0.260. The van der Waals surface area contributed by atoms with Gasteiger partial charge in [-0.25, -0.2) is 0 Å². The summed E-state index contributed by atoms with van der Waals surface area (Å²) in [5.41, 5.74) is 2.06. The van der Waals surface area contributed by atoms with Gasteiger partial charge in [-0.2, -0.15) is 0 Å². The Morgan fingerprint density at radius 2 is 2.00 bits per heavy atom. The van der Waals surface area contributed by atoms with E-state index in [0.717, 1.165) is 21.3 Å². The summed E-state index contributed by atoms with van der Waals surface area (Å²) in [6.07, 6.45) is 0. The molecule has 0 amide bonds. The van der Waals surface area contributed by atoms with Gasteiger partial charge in [0.15, 0.2) is 0 Å². The Morgan fingerprint density at radius 1 is 1.28 bits per heavy atom. The van der Waals surface area contributed by atoms with E-state index in [0.29, 0.717) is 8.67 Å². The molecule has 1 heterocycles. The Morgan fingerprint density at radius 3 is 2.50 bits per heavy atom. The number of hydrogen-bond acceptors (Lipinski definition) is 2. The van der Waals surface area contributed by atoms with Crippen LogP contribution in [0.2, 0.25) is 8.67 Å². The predicted molar refractivity (Wildman–Crippen MR) is 85.8 cm³/mol. The van der Waals surface area contributed by atoms with Crippen molar-refractivity contribution in [2.24, 2.45) is 0 Å². The van der Waals surface area contributed by atoms with E-state index in [9.17, 15) is 0 Å². The van der Waals surface area contributed by atoms with E-state index in [1.54, 1.807) is 7.11 Å². The van der Waals surface area contributed by atoms with Gasteiger partial charge in [0.1, 0.15) is 5.75 Å². The van der Waals surface area contributed by atoms with E-state index in [1.165, 1.54) is 11.3 Å². The zero-order valence-electron chi connectivity index (χ0n) is 9.22. The first-order chi connectivity index (χ1) is 8.52. The van der Waals surface area contributed by atoms with Crippen LogP contribution >= 0.6 is 66.4 Å². The van der Waals surface area contributed by atoms with Gasteiger partial charge in [-0.1, -0.05) is 45.2 Å². The minimum absolute atomic E-state index is 0.0101. The summed E-state index contributed by atoms with van der Waals surface area (Å²) in [7, 11) is 1.64. The number of benzene rings is 1. The lowest BCUT2D eigenvalue weighted by atomic mass is 10.1. The van der Waals surface area contributed by atoms with E-state index >= 15 is 0 Å². The summed E-state index contributed by atoms with van der Waals surface area (Å²) < 4.78 is 7.50. The summed E-state index contributed by atoms with van der Waals surface area (Å²) >= 11 is 20.6. The van der Waals surface area contributed by atoms with Crippen molar-refractivity contribution in [3.8, 4) is 5.75 Å². The van der Waals surface area contributed by atoms with Crippen molar-refractivity contribution in [1.82, 2.24) is 0 Å². The Labute approximate surface area is 136 Å². The summed E-state index contributed by atoms with van der Waals surface area (Å²) in [5.74, 6) is 0.799. The standard InChI is InChI=1S/C12H8Br2Cl2OS/c1-17-9-3-2-6(4-8(9)13)11(14)7-5-10(15)18-12(7)16/h2-5,11H,1H3. The molecule has 0 aliphatic rings. The molecular weight excluding hydrogens is 423 g/mol. The highest BCUT2D eigenvalue weighted by molar-refractivity contribution is 9.10. The zero-order valence-corrected chi connectivity index (χ0v) is 14.7. The van der Waals surface area contributed by atoms with E-state index in [-0.39, 0.29) is 4.83 Å². The molecule has 0 saturated heterocycles. The van der Waals surface area contributed by atoms with Gasteiger partial charge >= 0.3 is 0 Å². The Balaban J connectivity index is 2.37. The van der Waals surface area contributed by atoms with Crippen LogP contribution in [-0.4, -0.2) is 7.11 Å². The molecule has 0 spiro atoms. The summed E-state index contributed by atoms with van der Waals surface area (Å²) in [5, 5.41) is 0. The lowest BCUT2D eigenvalue weighted by molar-refractivity contribution is 0.412. The number of halogens is 4. The van der Waals surface area contributed by atoms with Crippen LogP contribution in [0, 0.1) is 0 Å². The first-order valence-corrected chi connectivity index (χ1v) is 8.23. The fraction of sp³-hybridized carbons (Fsp3) is 0.167. The molecule has 96 valence electrons. The maximum atomic E-state index is 6.16. The third kappa shape index (κ3) is 3.05. The molecule has 0 radical (unpaired) electrons. The van der Waals surface area contributed by atoms with Crippen molar-refractivity contribution < 1.29 is 4.74 Å². The first-order valence-electron chi connectivity index (χ1n) is 4.95. The molecule has 1 aromatic heterocycles. The van der Waals surface area contributed by atoms with E-state index in [2.05, 4.69) is 31.9 Å². The van der Waals surface area contributed by atoms with Crippen LogP contribution in [-0.2, 0) is 0 Å². The van der Waals surface area contributed by atoms with Gasteiger partial charge in [-0.3, -0.25) is 0 Å².